The molecule has 2 fully saturated rings. The van der Waals surface area contributed by atoms with Crippen LogP contribution in [0.4, 0.5) is 5.69 Å². The maximum absolute atomic E-state index is 13.2. The highest BCUT2D eigenvalue weighted by Gasteiger charge is 2.76. The first-order valence-electron chi connectivity index (χ1n) is 8.29. The van der Waals surface area contributed by atoms with Crippen molar-refractivity contribution in [3.05, 3.63) is 29.8 Å². The molecule has 2 saturated carbocycles. The predicted octanol–water partition coefficient (Wildman–Crippen LogP) is 4.35. The summed E-state index contributed by atoms with van der Waals surface area (Å²) in [6.45, 7) is 8.26. The summed E-state index contributed by atoms with van der Waals surface area (Å²) in [7, 11) is 0. The third-order valence-electron chi connectivity index (χ3n) is 6.75. The molecule has 1 aromatic carbocycles. The number of Topliss-reactive ketones (excluding diaryl/α,β-unsaturated/α-hetero) is 1. The normalized spacial score (nSPS) is 34.7. The molecule has 3 unspecified atom stereocenters. The molecular formula is C19H24BrNO2. The number of hydrogen-bond acceptors (Lipinski definition) is 2. The summed E-state index contributed by atoms with van der Waals surface area (Å²) in [6.07, 6.45) is 2.50. The molecule has 23 heavy (non-hydrogen) atoms. The SMILES string of the molecule is CCc1ccc(NC(=O)C23CCC(C)(C(=O)C2Br)C3(C)C)cc1. The van der Waals surface area contributed by atoms with Crippen LogP contribution in [0, 0.1) is 16.2 Å². The van der Waals surface area contributed by atoms with Crippen LogP contribution in [0.2, 0.25) is 0 Å². The van der Waals surface area contributed by atoms with E-state index in [2.05, 4.69) is 42.0 Å². The quantitative estimate of drug-likeness (QED) is 0.795. The molecule has 124 valence electrons. The van der Waals surface area contributed by atoms with Crippen molar-refractivity contribution in [2.24, 2.45) is 16.2 Å². The lowest BCUT2D eigenvalue weighted by Crippen LogP contribution is -2.47. The van der Waals surface area contributed by atoms with Gasteiger partial charge in [0, 0.05) is 11.1 Å². The van der Waals surface area contributed by atoms with E-state index in [9.17, 15) is 9.59 Å². The number of halogens is 1. The predicted molar refractivity (Wildman–Crippen MR) is 95.7 cm³/mol. The van der Waals surface area contributed by atoms with Gasteiger partial charge in [-0.05, 0) is 42.4 Å². The van der Waals surface area contributed by atoms with Gasteiger partial charge in [-0.2, -0.15) is 0 Å². The number of hydrogen-bond donors (Lipinski definition) is 1. The largest absolute Gasteiger partial charge is 0.326 e. The van der Waals surface area contributed by atoms with E-state index < -0.39 is 15.7 Å². The average molecular weight is 378 g/mol. The third kappa shape index (κ3) is 1.93. The minimum atomic E-state index is -0.678. The van der Waals surface area contributed by atoms with E-state index in [1.54, 1.807) is 0 Å². The number of carbonyl (C=O) groups excluding carboxylic acids is 2. The zero-order valence-electron chi connectivity index (χ0n) is 14.2. The number of aryl methyl sites for hydroxylation is 1. The Kier molecular flexibility index (Phi) is 3.75. The highest BCUT2D eigenvalue weighted by atomic mass is 79.9. The number of amides is 1. The topological polar surface area (TPSA) is 46.2 Å². The fourth-order valence-corrected chi connectivity index (χ4v) is 6.04. The van der Waals surface area contributed by atoms with Gasteiger partial charge in [-0.1, -0.05) is 55.8 Å². The lowest BCUT2D eigenvalue weighted by atomic mass is 9.64. The number of carbonyl (C=O) groups is 2. The molecule has 2 bridgehead atoms. The maximum Gasteiger partial charge on any atom is 0.232 e. The van der Waals surface area contributed by atoms with Crippen LogP contribution in [0.5, 0.6) is 0 Å². The van der Waals surface area contributed by atoms with Gasteiger partial charge in [-0.3, -0.25) is 9.59 Å². The Labute approximate surface area is 146 Å². The highest BCUT2D eigenvalue weighted by molar-refractivity contribution is 9.10. The Bertz CT molecular complexity index is 666. The molecule has 0 aliphatic heterocycles. The summed E-state index contributed by atoms with van der Waals surface area (Å²) in [4.78, 5) is 25.5. The van der Waals surface area contributed by atoms with Gasteiger partial charge in [0.15, 0.2) is 5.78 Å². The van der Waals surface area contributed by atoms with Gasteiger partial charge >= 0.3 is 0 Å². The lowest BCUT2D eigenvalue weighted by molar-refractivity contribution is -0.130. The molecule has 2 aliphatic rings. The van der Waals surface area contributed by atoms with Crippen molar-refractivity contribution < 1.29 is 9.59 Å². The summed E-state index contributed by atoms with van der Waals surface area (Å²) >= 11 is 3.56. The molecule has 0 heterocycles. The van der Waals surface area contributed by atoms with Gasteiger partial charge in [-0.25, -0.2) is 0 Å². The summed E-state index contributed by atoms with van der Waals surface area (Å²) in [6, 6.07) is 7.94. The summed E-state index contributed by atoms with van der Waals surface area (Å²) in [5.41, 5.74) is 0.570. The first-order chi connectivity index (χ1) is 10.7. The Morgan fingerprint density at radius 1 is 1.22 bits per heavy atom. The van der Waals surface area contributed by atoms with Crippen molar-refractivity contribution in [2.45, 2.75) is 51.8 Å². The second-order valence-electron chi connectivity index (χ2n) is 7.66. The monoisotopic (exact) mass is 377 g/mol. The van der Waals surface area contributed by atoms with Gasteiger partial charge in [0.1, 0.15) is 0 Å². The molecule has 0 radical (unpaired) electrons. The van der Waals surface area contributed by atoms with Crippen molar-refractivity contribution in [1.29, 1.82) is 0 Å². The van der Waals surface area contributed by atoms with Crippen LogP contribution in [0.25, 0.3) is 0 Å². The number of rotatable bonds is 3. The lowest BCUT2D eigenvalue weighted by Gasteiger charge is -2.39. The van der Waals surface area contributed by atoms with Gasteiger partial charge < -0.3 is 5.32 Å². The minimum Gasteiger partial charge on any atom is -0.326 e. The zero-order valence-corrected chi connectivity index (χ0v) is 15.8. The van der Waals surface area contributed by atoms with Gasteiger partial charge in [0.25, 0.3) is 0 Å². The second kappa shape index (κ2) is 5.17. The number of fused-ring (bicyclic) bond motifs is 2. The van der Waals surface area contributed by atoms with Gasteiger partial charge in [0.05, 0.1) is 10.2 Å². The van der Waals surface area contributed by atoms with Crippen LogP contribution in [-0.4, -0.2) is 16.5 Å². The van der Waals surface area contributed by atoms with Crippen molar-refractivity contribution in [3.63, 3.8) is 0 Å². The number of anilines is 1. The average Bonchev–Trinajstić information content (AvgIpc) is 2.80. The van der Waals surface area contributed by atoms with Crippen LogP contribution in [0.3, 0.4) is 0 Å². The smallest absolute Gasteiger partial charge is 0.232 e. The van der Waals surface area contributed by atoms with Crippen LogP contribution in [0.15, 0.2) is 24.3 Å². The Morgan fingerprint density at radius 3 is 2.30 bits per heavy atom. The fourth-order valence-electron chi connectivity index (χ4n) is 4.52. The van der Waals surface area contributed by atoms with Gasteiger partial charge in [-0.15, -0.1) is 0 Å². The molecule has 3 nitrogen and oxygen atoms in total. The van der Waals surface area contributed by atoms with E-state index in [-0.39, 0.29) is 17.1 Å². The van der Waals surface area contributed by atoms with E-state index in [0.29, 0.717) is 0 Å². The molecule has 1 N–H and O–H groups in total. The molecule has 0 spiro atoms. The molecule has 1 aromatic rings. The summed E-state index contributed by atoms with van der Waals surface area (Å²) in [5.74, 6) is 0.133. The van der Waals surface area contributed by atoms with Crippen molar-refractivity contribution in [3.8, 4) is 0 Å². The number of alkyl halides is 1. The molecule has 1 amide bonds. The van der Waals surface area contributed by atoms with Crippen LogP contribution in [-0.2, 0) is 16.0 Å². The molecule has 3 atom stereocenters. The van der Waals surface area contributed by atoms with Crippen molar-refractivity contribution >= 4 is 33.3 Å². The number of ketones is 1. The van der Waals surface area contributed by atoms with Crippen LogP contribution >= 0.6 is 15.9 Å². The minimum absolute atomic E-state index is 0.0387. The third-order valence-corrected chi connectivity index (χ3v) is 7.94. The Hall–Kier alpha value is -1.16. The van der Waals surface area contributed by atoms with Gasteiger partial charge in [0.2, 0.25) is 5.91 Å². The van der Waals surface area contributed by atoms with Crippen LogP contribution < -0.4 is 5.32 Å². The first-order valence-corrected chi connectivity index (χ1v) is 9.21. The molecule has 3 rings (SSSR count). The number of benzene rings is 1. The highest BCUT2D eigenvalue weighted by Crippen LogP contribution is 2.72. The first kappa shape index (κ1) is 16.7. The Balaban J connectivity index is 1.93. The molecule has 4 heteroatoms. The molecular weight excluding hydrogens is 354 g/mol. The van der Waals surface area contributed by atoms with E-state index in [1.165, 1.54) is 5.56 Å². The van der Waals surface area contributed by atoms with E-state index in [1.807, 2.05) is 31.2 Å². The Morgan fingerprint density at radius 2 is 1.83 bits per heavy atom. The summed E-state index contributed by atoms with van der Waals surface area (Å²) < 4.78 is 0. The summed E-state index contributed by atoms with van der Waals surface area (Å²) in [5, 5.41) is 3.06. The standard InChI is InChI=1S/C19H24BrNO2/c1-5-12-6-8-13(9-7-12)21-16(23)19-11-10-18(4,17(19,2)3)15(22)14(19)20/h6-9,14H,5,10-11H2,1-4H3,(H,21,23). The number of nitrogens with one attached hydrogen (secondary N) is 1. The van der Waals surface area contributed by atoms with Crippen molar-refractivity contribution in [2.75, 3.05) is 5.32 Å². The zero-order chi connectivity index (χ0) is 17.0. The second-order valence-corrected chi connectivity index (χ2v) is 8.58. The van der Waals surface area contributed by atoms with Crippen LogP contribution in [0.1, 0.15) is 46.1 Å². The molecule has 0 saturated heterocycles. The maximum atomic E-state index is 13.2. The van der Waals surface area contributed by atoms with E-state index in [4.69, 9.17) is 0 Å². The fraction of sp³-hybridized carbons (Fsp3) is 0.579. The van der Waals surface area contributed by atoms with E-state index in [0.717, 1.165) is 24.9 Å². The molecule has 2 aliphatic carbocycles. The van der Waals surface area contributed by atoms with E-state index >= 15 is 0 Å². The van der Waals surface area contributed by atoms with Crippen molar-refractivity contribution in [1.82, 2.24) is 0 Å². The molecule has 0 aromatic heterocycles.